The Balaban J connectivity index is 1.99. The highest BCUT2D eigenvalue weighted by Gasteiger charge is 2.15. The van der Waals surface area contributed by atoms with Crippen molar-refractivity contribution in [1.82, 2.24) is 5.32 Å². The number of thiocarbonyl (C=S) groups is 1. The molecule has 0 saturated carbocycles. The van der Waals surface area contributed by atoms with Crippen LogP contribution in [0, 0.1) is 0 Å². The maximum Gasteiger partial charge on any atom is 0.335 e. The Kier molecular flexibility index (Phi) is 7.73. The maximum absolute atomic E-state index is 12.0. The van der Waals surface area contributed by atoms with Gasteiger partial charge in [0.1, 0.15) is 0 Å². The normalized spacial score (nSPS) is 10.2. The fraction of sp³-hybridized carbons (Fsp3) is 0.118. The molecular weight excluding hydrogens is 431 g/mol. The molecule has 0 aliphatic rings. The highest BCUT2D eigenvalue weighted by molar-refractivity contribution is 8.00. The molecule has 0 aliphatic carbocycles. The molecule has 0 fully saturated rings. The van der Waals surface area contributed by atoms with Crippen molar-refractivity contribution in [3.05, 3.63) is 52.0 Å². The molecule has 3 N–H and O–H groups in total. The number of hydrogen-bond donors (Lipinski definition) is 3. The molecule has 0 radical (unpaired) electrons. The topological polar surface area (TPSA) is 87.7 Å². The summed E-state index contributed by atoms with van der Waals surface area (Å²) in [5, 5.41) is 15.1. The number of halogens is 2. The van der Waals surface area contributed by atoms with Crippen LogP contribution in [0.15, 0.2) is 41.3 Å². The third kappa shape index (κ3) is 6.28. The lowest BCUT2D eigenvalue weighted by Gasteiger charge is -2.14. The number of benzene rings is 2. The molecule has 6 nitrogen and oxygen atoms in total. The van der Waals surface area contributed by atoms with Crippen molar-refractivity contribution >= 4 is 69.9 Å². The standard InChI is InChI=1S/C17H14Cl2N2O4S2/c1-25-15-12(19)6-9(16(23)24)7-13(15)20-17(26)21-14(22)8-27-11-4-2-10(18)3-5-11/h2-7H,8H2,1H3,(H,23,24)(H2,20,21,22,26). The predicted molar refractivity (Wildman–Crippen MR) is 112 cm³/mol. The largest absolute Gasteiger partial charge is 0.493 e. The molecule has 0 atom stereocenters. The smallest absolute Gasteiger partial charge is 0.335 e. The average Bonchev–Trinajstić information content (AvgIpc) is 2.60. The number of amides is 1. The summed E-state index contributed by atoms with van der Waals surface area (Å²) in [6.07, 6.45) is 0. The van der Waals surface area contributed by atoms with Gasteiger partial charge < -0.3 is 20.5 Å². The summed E-state index contributed by atoms with van der Waals surface area (Å²) >= 11 is 18.3. The molecule has 2 rings (SSSR count). The second-order valence-corrected chi connectivity index (χ2v) is 7.39. The Morgan fingerprint density at radius 2 is 1.89 bits per heavy atom. The summed E-state index contributed by atoms with van der Waals surface area (Å²) in [5.41, 5.74) is 0.189. The SMILES string of the molecule is COc1c(Cl)cc(C(=O)O)cc1NC(=S)NC(=O)CSc1ccc(Cl)cc1. The van der Waals surface area contributed by atoms with Crippen molar-refractivity contribution in [2.24, 2.45) is 0 Å². The van der Waals surface area contributed by atoms with Gasteiger partial charge in [-0.1, -0.05) is 23.2 Å². The van der Waals surface area contributed by atoms with Gasteiger partial charge >= 0.3 is 5.97 Å². The van der Waals surface area contributed by atoms with Crippen LogP contribution in [-0.2, 0) is 4.79 Å². The first kappa shape index (κ1) is 21.3. The number of thioether (sulfide) groups is 1. The van der Waals surface area contributed by atoms with E-state index in [1.165, 1.54) is 31.0 Å². The second-order valence-electron chi connectivity index (χ2n) is 5.09. The number of anilines is 1. The fourth-order valence-corrected chi connectivity index (χ4v) is 3.36. The van der Waals surface area contributed by atoms with Crippen molar-refractivity contribution in [3.63, 3.8) is 0 Å². The number of carboxylic acid groups (broad SMARTS) is 1. The average molecular weight is 445 g/mol. The van der Waals surface area contributed by atoms with Crippen molar-refractivity contribution in [2.75, 3.05) is 18.2 Å². The maximum atomic E-state index is 12.0. The van der Waals surface area contributed by atoms with Gasteiger partial charge in [0.2, 0.25) is 5.91 Å². The summed E-state index contributed by atoms with van der Waals surface area (Å²) in [4.78, 5) is 24.1. The minimum absolute atomic E-state index is 0.00592. The van der Waals surface area contributed by atoms with Crippen molar-refractivity contribution in [2.45, 2.75) is 4.90 Å². The molecule has 2 aromatic carbocycles. The Bertz CT molecular complexity index is 876. The quantitative estimate of drug-likeness (QED) is 0.451. The molecule has 0 bridgehead atoms. The molecule has 2 aromatic rings. The molecule has 10 heteroatoms. The van der Waals surface area contributed by atoms with E-state index < -0.39 is 5.97 Å². The molecule has 1 amide bonds. The zero-order chi connectivity index (χ0) is 20.0. The van der Waals surface area contributed by atoms with E-state index in [0.717, 1.165) is 4.90 Å². The molecule has 0 heterocycles. The lowest BCUT2D eigenvalue weighted by atomic mass is 10.2. The number of rotatable bonds is 6. The number of carbonyl (C=O) groups excluding carboxylic acids is 1. The van der Waals surface area contributed by atoms with E-state index in [2.05, 4.69) is 10.6 Å². The third-order valence-corrected chi connectivity index (χ3v) is 4.93. The highest BCUT2D eigenvalue weighted by atomic mass is 35.5. The van der Waals surface area contributed by atoms with Gasteiger partial charge in [-0.05, 0) is 48.6 Å². The van der Waals surface area contributed by atoms with E-state index in [1.807, 2.05) is 0 Å². The van der Waals surface area contributed by atoms with Gasteiger partial charge in [0.25, 0.3) is 0 Å². The fourth-order valence-electron chi connectivity index (χ4n) is 2.01. The molecule has 0 spiro atoms. The van der Waals surface area contributed by atoms with Gasteiger partial charge in [0, 0.05) is 9.92 Å². The lowest BCUT2D eigenvalue weighted by molar-refractivity contribution is -0.117. The van der Waals surface area contributed by atoms with Gasteiger partial charge in [0.15, 0.2) is 10.9 Å². The number of aromatic carboxylic acids is 1. The van der Waals surface area contributed by atoms with Gasteiger partial charge in [-0.2, -0.15) is 0 Å². The monoisotopic (exact) mass is 444 g/mol. The number of ether oxygens (including phenoxy) is 1. The molecule has 142 valence electrons. The molecule has 0 unspecified atom stereocenters. The van der Waals surface area contributed by atoms with Crippen LogP contribution in [0.5, 0.6) is 5.75 Å². The van der Waals surface area contributed by atoms with Crippen LogP contribution in [0.1, 0.15) is 10.4 Å². The Morgan fingerprint density at radius 3 is 2.48 bits per heavy atom. The summed E-state index contributed by atoms with van der Waals surface area (Å²) < 4.78 is 5.16. The first-order valence-electron chi connectivity index (χ1n) is 7.40. The van der Waals surface area contributed by atoms with Gasteiger partial charge in [-0.25, -0.2) is 4.79 Å². The molecular formula is C17H14Cl2N2O4S2. The highest BCUT2D eigenvalue weighted by Crippen LogP contribution is 2.34. The Labute approximate surface area is 175 Å². The Morgan fingerprint density at radius 1 is 1.22 bits per heavy atom. The van der Waals surface area contributed by atoms with E-state index in [0.29, 0.717) is 5.02 Å². The van der Waals surface area contributed by atoms with Crippen LogP contribution in [-0.4, -0.2) is 35.0 Å². The summed E-state index contributed by atoms with van der Waals surface area (Å²) in [6.45, 7) is 0. The zero-order valence-electron chi connectivity index (χ0n) is 13.9. The number of carbonyl (C=O) groups is 2. The second kappa shape index (κ2) is 9.80. The van der Waals surface area contributed by atoms with E-state index in [-0.39, 0.29) is 38.8 Å². The summed E-state index contributed by atoms with van der Waals surface area (Å²) in [6, 6.07) is 9.66. The number of methoxy groups -OCH3 is 1. The molecule has 0 aliphatic heterocycles. The molecule has 0 saturated heterocycles. The van der Waals surface area contributed by atoms with Crippen LogP contribution >= 0.6 is 47.2 Å². The van der Waals surface area contributed by atoms with Crippen molar-refractivity contribution in [1.29, 1.82) is 0 Å². The van der Waals surface area contributed by atoms with Gasteiger partial charge in [-0.15, -0.1) is 11.8 Å². The number of carboxylic acids is 1. The van der Waals surface area contributed by atoms with Gasteiger partial charge in [0.05, 0.1) is 29.1 Å². The summed E-state index contributed by atoms with van der Waals surface area (Å²) in [5.74, 6) is -1.13. The third-order valence-electron chi connectivity index (χ3n) is 3.18. The van der Waals surface area contributed by atoms with E-state index in [9.17, 15) is 9.59 Å². The van der Waals surface area contributed by atoms with Crippen LogP contribution < -0.4 is 15.4 Å². The number of hydrogen-bond acceptors (Lipinski definition) is 5. The predicted octanol–water partition coefficient (Wildman–Crippen LogP) is 4.31. The number of nitrogens with one attached hydrogen (secondary N) is 2. The van der Waals surface area contributed by atoms with E-state index in [1.54, 1.807) is 24.3 Å². The van der Waals surface area contributed by atoms with Gasteiger partial charge in [-0.3, -0.25) is 4.79 Å². The minimum Gasteiger partial charge on any atom is -0.493 e. The van der Waals surface area contributed by atoms with Crippen LogP contribution in [0.4, 0.5) is 5.69 Å². The van der Waals surface area contributed by atoms with E-state index in [4.69, 9.17) is 45.3 Å². The zero-order valence-corrected chi connectivity index (χ0v) is 17.1. The van der Waals surface area contributed by atoms with Crippen LogP contribution in [0.2, 0.25) is 10.0 Å². The van der Waals surface area contributed by atoms with E-state index >= 15 is 0 Å². The summed E-state index contributed by atoms with van der Waals surface area (Å²) in [7, 11) is 1.39. The van der Waals surface area contributed by atoms with Crippen molar-refractivity contribution < 1.29 is 19.4 Å². The lowest BCUT2D eigenvalue weighted by Crippen LogP contribution is -2.35. The first-order chi connectivity index (χ1) is 12.8. The molecule has 27 heavy (non-hydrogen) atoms. The van der Waals surface area contributed by atoms with Crippen LogP contribution in [0.25, 0.3) is 0 Å². The Hall–Kier alpha value is -2.00. The minimum atomic E-state index is -1.16. The molecule has 0 aromatic heterocycles. The first-order valence-corrected chi connectivity index (χ1v) is 9.55. The van der Waals surface area contributed by atoms with Crippen molar-refractivity contribution in [3.8, 4) is 5.75 Å². The van der Waals surface area contributed by atoms with Crippen LogP contribution in [0.3, 0.4) is 0 Å².